The second-order valence-electron chi connectivity index (χ2n) is 5.10. The number of primary sulfonamides is 1. The summed E-state index contributed by atoms with van der Waals surface area (Å²) in [6.07, 6.45) is 0. The minimum Gasteiger partial charge on any atom is -0.351 e. The lowest BCUT2D eigenvalue weighted by atomic mass is 10.2. The Bertz CT molecular complexity index is 837. The van der Waals surface area contributed by atoms with Gasteiger partial charge in [-0.05, 0) is 53.2 Å². The molecule has 3 N–H and O–H groups in total. The van der Waals surface area contributed by atoms with Gasteiger partial charge in [-0.25, -0.2) is 13.6 Å². The Labute approximate surface area is 154 Å². The molecule has 0 aliphatic carbocycles. The van der Waals surface area contributed by atoms with Gasteiger partial charge in [0.05, 0.1) is 10.5 Å². The van der Waals surface area contributed by atoms with Gasteiger partial charge in [0, 0.05) is 21.7 Å². The standard InChI is InChI=1S/C16H17BrN2O3S2/c1-11-2-4-12(5-3-11)23-9-8-19-16(20)14-10-13(24(18,21)22)6-7-15(14)17/h2-7,10H,8-9H2,1H3,(H,19,20)(H2,18,21,22). The molecule has 0 radical (unpaired) electrons. The van der Waals surface area contributed by atoms with Crippen LogP contribution in [0.5, 0.6) is 0 Å². The van der Waals surface area contributed by atoms with Gasteiger partial charge in [0.1, 0.15) is 0 Å². The van der Waals surface area contributed by atoms with E-state index in [1.54, 1.807) is 11.8 Å². The van der Waals surface area contributed by atoms with Gasteiger partial charge in [-0.1, -0.05) is 17.7 Å². The molecule has 0 heterocycles. The highest BCUT2D eigenvalue weighted by atomic mass is 79.9. The summed E-state index contributed by atoms with van der Waals surface area (Å²) in [4.78, 5) is 13.3. The molecule has 0 saturated carbocycles. The Morgan fingerprint density at radius 1 is 1.21 bits per heavy atom. The molecule has 2 rings (SSSR count). The zero-order chi connectivity index (χ0) is 17.7. The maximum atomic E-state index is 12.2. The van der Waals surface area contributed by atoms with Crippen LogP contribution in [-0.2, 0) is 10.0 Å². The normalized spacial score (nSPS) is 11.3. The zero-order valence-electron chi connectivity index (χ0n) is 13.0. The Kier molecular flexibility index (Phi) is 6.45. The first-order chi connectivity index (χ1) is 11.3. The van der Waals surface area contributed by atoms with E-state index in [1.807, 2.05) is 31.2 Å². The molecule has 0 spiro atoms. The van der Waals surface area contributed by atoms with Gasteiger partial charge in [-0.3, -0.25) is 4.79 Å². The summed E-state index contributed by atoms with van der Waals surface area (Å²) in [5.41, 5.74) is 1.44. The van der Waals surface area contributed by atoms with Crippen molar-refractivity contribution in [3.05, 3.63) is 58.1 Å². The van der Waals surface area contributed by atoms with E-state index in [0.29, 0.717) is 16.8 Å². The van der Waals surface area contributed by atoms with E-state index in [4.69, 9.17) is 5.14 Å². The monoisotopic (exact) mass is 428 g/mol. The number of hydrogen-bond donors (Lipinski definition) is 2. The van der Waals surface area contributed by atoms with E-state index in [1.165, 1.54) is 23.8 Å². The van der Waals surface area contributed by atoms with Gasteiger partial charge in [0.25, 0.3) is 5.91 Å². The van der Waals surface area contributed by atoms with Crippen molar-refractivity contribution >= 4 is 43.6 Å². The number of benzene rings is 2. The molecule has 2 aromatic rings. The molecule has 0 bridgehead atoms. The van der Waals surface area contributed by atoms with E-state index in [-0.39, 0.29) is 16.4 Å². The van der Waals surface area contributed by atoms with Gasteiger partial charge in [-0.15, -0.1) is 11.8 Å². The fourth-order valence-electron chi connectivity index (χ4n) is 1.92. The number of rotatable bonds is 6. The molecule has 128 valence electrons. The highest BCUT2D eigenvalue weighted by Crippen LogP contribution is 2.21. The summed E-state index contributed by atoms with van der Waals surface area (Å²) in [7, 11) is -3.85. The number of halogens is 1. The summed E-state index contributed by atoms with van der Waals surface area (Å²) >= 11 is 4.88. The third-order valence-electron chi connectivity index (χ3n) is 3.19. The molecule has 0 aromatic heterocycles. The topological polar surface area (TPSA) is 89.3 Å². The third-order valence-corrected chi connectivity index (χ3v) is 5.80. The molecule has 1 amide bonds. The second-order valence-corrected chi connectivity index (χ2v) is 8.69. The van der Waals surface area contributed by atoms with Crippen molar-refractivity contribution in [1.29, 1.82) is 0 Å². The number of amides is 1. The van der Waals surface area contributed by atoms with Crippen LogP contribution in [0.1, 0.15) is 15.9 Å². The predicted octanol–water partition coefficient (Wildman–Crippen LogP) is 2.93. The predicted molar refractivity (Wildman–Crippen MR) is 99.8 cm³/mol. The van der Waals surface area contributed by atoms with E-state index in [9.17, 15) is 13.2 Å². The molecule has 0 atom stereocenters. The molecule has 24 heavy (non-hydrogen) atoms. The summed E-state index contributed by atoms with van der Waals surface area (Å²) in [5.74, 6) is 0.360. The van der Waals surface area contributed by atoms with Gasteiger partial charge in [-0.2, -0.15) is 0 Å². The highest BCUT2D eigenvalue weighted by molar-refractivity contribution is 9.10. The van der Waals surface area contributed by atoms with Crippen LogP contribution in [-0.4, -0.2) is 26.6 Å². The lowest BCUT2D eigenvalue weighted by Gasteiger charge is -2.08. The Morgan fingerprint density at radius 2 is 1.88 bits per heavy atom. The van der Waals surface area contributed by atoms with Crippen LogP contribution in [0.25, 0.3) is 0 Å². The number of carbonyl (C=O) groups is 1. The van der Waals surface area contributed by atoms with Crippen LogP contribution in [0.4, 0.5) is 0 Å². The number of hydrogen-bond acceptors (Lipinski definition) is 4. The molecule has 0 aliphatic rings. The molecule has 8 heteroatoms. The molecule has 0 fully saturated rings. The van der Waals surface area contributed by atoms with Gasteiger partial charge in [0.15, 0.2) is 0 Å². The lowest BCUT2D eigenvalue weighted by molar-refractivity contribution is 0.0955. The summed E-state index contributed by atoms with van der Waals surface area (Å²) in [6.45, 7) is 2.49. The molecule has 2 aromatic carbocycles. The Balaban J connectivity index is 1.94. The van der Waals surface area contributed by atoms with E-state index < -0.39 is 10.0 Å². The van der Waals surface area contributed by atoms with Crippen LogP contribution < -0.4 is 10.5 Å². The molecular weight excluding hydrogens is 412 g/mol. The minimum absolute atomic E-state index is 0.0927. The van der Waals surface area contributed by atoms with Crippen LogP contribution >= 0.6 is 27.7 Å². The van der Waals surface area contributed by atoms with E-state index >= 15 is 0 Å². The first kappa shape index (κ1) is 19.0. The maximum absolute atomic E-state index is 12.2. The number of nitrogens with one attached hydrogen (secondary N) is 1. The van der Waals surface area contributed by atoms with Gasteiger partial charge in [0.2, 0.25) is 10.0 Å². The summed E-state index contributed by atoms with van der Waals surface area (Å²) in [6, 6.07) is 12.3. The number of nitrogens with two attached hydrogens (primary N) is 1. The van der Waals surface area contributed by atoms with Crippen molar-refractivity contribution in [3.8, 4) is 0 Å². The fourth-order valence-corrected chi connectivity index (χ4v) is 3.65. The molecule has 0 unspecified atom stereocenters. The third kappa shape index (κ3) is 5.34. The molecular formula is C16H17BrN2O3S2. The van der Waals surface area contributed by atoms with Crippen LogP contribution in [0.15, 0.2) is 56.7 Å². The number of aryl methyl sites for hydroxylation is 1. The first-order valence-electron chi connectivity index (χ1n) is 7.07. The average Bonchev–Trinajstić information content (AvgIpc) is 2.52. The van der Waals surface area contributed by atoms with E-state index in [2.05, 4.69) is 21.2 Å². The Morgan fingerprint density at radius 3 is 2.50 bits per heavy atom. The highest BCUT2D eigenvalue weighted by Gasteiger charge is 2.15. The van der Waals surface area contributed by atoms with Gasteiger partial charge >= 0.3 is 0 Å². The van der Waals surface area contributed by atoms with E-state index in [0.717, 1.165) is 4.90 Å². The number of carbonyl (C=O) groups excluding carboxylic acids is 1. The minimum atomic E-state index is -3.85. The smallest absolute Gasteiger partial charge is 0.252 e. The quantitative estimate of drug-likeness (QED) is 0.546. The summed E-state index contributed by atoms with van der Waals surface area (Å²) < 4.78 is 23.3. The summed E-state index contributed by atoms with van der Waals surface area (Å²) in [5, 5.41) is 7.87. The second kappa shape index (κ2) is 8.15. The molecule has 0 aliphatic heterocycles. The lowest BCUT2D eigenvalue weighted by Crippen LogP contribution is -2.26. The SMILES string of the molecule is Cc1ccc(SCCNC(=O)c2cc(S(N)(=O)=O)ccc2Br)cc1. The first-order valence-corrected chi connectivity index (χ1v) is 10.4. The Hall–Kier alpha value is -1.35. The molecule has 0 saturated heterocycles. The maximum Gasteiger partial charge on any atom is 0.252 e. The number of sulfonamides is 1. The van der Waals surface area contributed by atoms with Crippen molar-refractivity contribution in [2.24, 2.45) is 5.14 Å². The zero-order valence-corrected chi connectivity index (χ0v) is 16.2. The van der Waals surface area contributed by atoms with Crippen molar-refractivity contribution in [1.82, 2.24) is 5.32 Å². The van der Waals surface area contributed by atoms with Crippen molar-refractivity contribution < 1.29 is 13.2 Å². The van der Waals surface area contributed by atoms with Gasteiger partial charge < -0.3 is 5.32 Å². The van der Waals surface area contributed by atoms with Crippen molar-refractivity contribution in [2.45, 2.75) is 16.7 Å². The fraction of sp³-hybridized carbons (Fsp3) is 0.188. The van der Waals surface area contributed by atoms with Crippen molar-refractivity contribution in [3.63, 3.8) is 0 Å². The largest absolute Gasteiger partial charge is 0.351 e. The van der Waals surface area contributed by atoms with Crippen LogP contribution in [0.3, 0.4) is 0 Å². The number of thioether (sulfide) groups is 1. The molecule has 5 nitrogen and oxygen atoms in total. The van der Waals surface area contributed by atoms with Crippen LogP contribution in [0.2, 0.25) is 0 Å². The average molecular weight is 429 g/mol. The van der Waals surface area contributed by atoms with Crippen LogP contribution in [0, 0.1) is 6.92 Å². The van der Waals surface area contributed by atoms with Crippen molar-refractivity contribution in [2.75, 3.05) is 12.3 Å².